The van der Waals surface area contributed by atoms with Crippen LogP contribution < -0.4 is 19.7 Å². The van der Waals surface area contributed by atoms with Gasteiger partial charge in [-0.3, -0.25) is 0 Å². The number of hydrogen-bond acceptors (Lipinski definition) is 6. The van der Waals surface area contributed by atoms with Crippen molar-refractivity contribution in [2.45, 2.75) is 6.42 Å². The molecular weight excluding hydrogens is 232 g/mol. The molecule has 1 atom stereocenters. The van der Waals surface area contributed by atoms with Crippen molar-refractivity contribution in [3.05, 3.63) is 6.07 Å². The predicted octanol–water partition coefficient (Wildman–Crippen LogP) is 0.539. The lowest BCUT2D eigenvalue weighted by atomic mass is 10.1. The smallest absolute Gasteiger partial charge is 0.231 e. The average molecular weight is 252 g/mol. The normalized spacial score (nSPS) is 19.1. The summed E-state index contributed by atoms with van der Waals surface area (Å²) in [4.78, 5) is 10.9. The highest BCUT2D eigenvalue weighted by Crippen LogP contribution is 2.24. The monoisotopic (exact) mass is 252 g/mol. The van der Waals surface area contributed by atoms with Crippen molar-refractivity contribution in [1.82, 2.24) is 15.3 Å². The first kappa shape index (κ1) is 12.9. The second-order valence-corrected chi connectivity index (χ2v) is 4.41. The lowest BCUT2D eigenvalue weighted by Gasteiger charge is -2.17. The Morgan fingerprint density at radius 1 is 1.33 bits per heavy atom. The topological polar surface area (TPSA) is 59.5 Å². The van der Waals surface area contributed by atoms with Crippen LogP contribution >= 0.6 is 0 Å². The van der Waals surface area contributed by atoms with E-state index in [1.54, 1.807) is 20.3 Å². The van der Waals surface area contributed by atoms with E-state index in [0.29, 0.717) is 23.6 Å². The van der Waals surface area contributed by atoms with Crippen molar-refractivity contribution >= 4 is 5.95 Å². The van der Waals surface area contributed by atoms with Crippen molar-refractivity contribution in [2.24, 2.45) is 5.92 Å². The summed E-state index contributed by atoms with van der Waals surface area (Å²) in [7, 11) is 5.17. The molecule has 1 N–H and O–H groups in total. The van der Waals surface area contributed by atoms with E-state index in [1.807, 2.05) is 7.05 Å². The Kier molecular flexibility index (Phi) is 4.19. The van der Waals surface area contributed by atoms with Crippen molar-refractivity contribution in [2.75, 3.05) is 45.8 Å². The molecule has 0 spiro atoms. The molecule has 1 unspecified atom stereocenters. The first-order valence-electron chi connectivity index (χ1n) is 6.13. The molecular formula is C12H20N4O2. The van der Waals surface area contributed by atoms with Gasteiger partial charge in [0.1, 0.15) is 0 Å². The fourth-order valence-corrected chi connectivity index (χ4v) is 2.21. The summed E-state index contributed by atoms with van der Waals surface area (Å²) in [6.45, 7) is 2.97. The average Bonchev–Trinajstić information content (AvgIpc) is 2.87. The zero-order valence-electron chi connectivity index (χ0n) is 11.1. The van der Waals surface area contributed by atoms with E-state index in [1.165, 1.54) is 0 Å². The highest BCUT2D eigenvalue weighted by molar-refractivity contribution is 5.37. The summed E-state index contributed by atoms with van der Waals surface area (Å²) in [6, 6.07) is 1.69. The molecule has 1 fully saturated rings. The highest BCUT2D eigenvalue weighted by Gasteiger charge is 2.24. The molecule has 0 amide bonds. The summed E-state index contributed by atoms with van der Waals surface area (Å²) < 4.78 is 10.3. The van der Waals surface area contributed by atoms with Gasteiger partial charge in [-0.1, -0.05) is 0 Å². The summed E-state index contributed by atoms with van der Waals surface area (Å²) >= 11 is 0. The third kappa shape index (κ3) is 2.81. The van der Waals surface area contributed by atoms with Crippen molar-refractivity contribution in [1.29, 1.82) is 0 Å². The van der Waals surface area contributed by atoms with Gasteiger partial charge in [0.25, 0.3) is 0 Å². The number of nitrogens with zero attached hydrogens (tertiary/aromatic N) is 3. The van der Waals surface area contributed by atoms with Gasteiger partial charge in [-0.15, -0.1) is 0 Å². The Bertz CT molecular complexity index is 377. The molecule has 1 aromatic rings. The Morgan fingerprint density at radius 3 is 2.56 bits per heavy atom. The van der Waals surface area contributed by atoms with Gasteiger partial charge in [0.05, 0.1) is 20.3 Å². The van der Waals surface area contributed by atoms with Crippen LogP contribution in [-0.4, -0.2) is 50.9 Å². The van der Waals surface area contributed by atoms with Crippen LogP contribution in [0.2, 0.25) is 0 Å². The molecule has 1 aliphatic heterocycles. The van der Waals surface area contributed by atoms with E-state index < -0.39 is 0 Å². The number of nitrogens with one attached hydrogen (secondary N) is 1. The second-order valence-electron chi connectivity index (χ2n) is 4.41. The van der Waals surface area contributed by atoms with Gasteiger partial charge in [-0.2, -0.15) is 9.97 Å². The van der Waals surface area contributed by atoms with Gasteiger partial charge in [0.2, 0.25) is 17.7 Å². The molecule has 1 aliphatic rings. The van der Waals surface area contributed by atoms with Gasteiger partial charge >= 0.3 is 0 Å². The van der Waals surface area contributed by atoms with Crippen molar-refractivity contribution in [3.63, 3.8) is 0 Å². The maximum Gasteiger partial charge on any atom is 0.231 e. The van der Waals surface area contributed by atoms with Gasteiger partial charge in [-0.25, -0.2) is 0 Å². The number of ether oxygens (including phenoxy) is 2. The Balaban J connectivity index is 2.13. The number of rotatable bonds is 5. The van der Waals surface area contributed by atoms with E-state index in [9.17, 15) is 0 Å². The number of hydrogen-bond donors (Lipinski definition) is 1. The maximum atomic E-state index is 5.16. The van der Waals surface area contributed by atoms with E-state index in [0.717, 1.165) is 26.1 Å². The molecule has 1 saturated heterocycles. The first-order valence-corrected chi connectivity index (χ1v) is 6.13. The van der Waals surface area contributed by atoms with Gasteiger partial charge in [0.15, 0.2) is 0 Å². The molecule has 0 aromatic carbocycles. The molecule has 6 nitrogen and oxygen atoms in total. The van der Waals surface area contributed by atoms with Gasteiger partial charge in [0, 0.05) is 13.1 Å². The minimum atomic E-state index is 0.536. The summed E-state index contributed by atoms with van der Waals surface area (Å²) in [5.74, 6) is 2.41. The van der Waals surface area contributed by atoms with Crippen LogP contribution in [0.1, 0.15) is 6.42 Å². The minimum absolute atomic E-state index is 0.536. The molecule has 0 bridgehead atoms. The van der Waals surface area contributed by atoms with Crippen LogP contribution in [-0.2, 0) is 0 Å². The lowest BCUT2D eigenvalue weighted by molar-refractivity contribution is 0.371. The SMILES string of the molecule is CNCC1CCN(c2nc(OC)cc(OC)n2)C1. The fraction of sp³-hybridized carbons (Fsp3) is 0.667. The molecule has 1 aromatic heterocycles. The van der Waals surface area contributed by atoms with E-state index in [-0.39, 0.29) is 0 Å². The van der Waals surface area contributed by atoms with Crippen molar-refractivity contribution < 1.29 is 9.47 Å². The van der Waals surface area contributed by atoms with Crippen LogP contribution in [0.25, 0.3) is 0 Å². The maximum absolute atomic E-state index is 5.16. The van der Waals surface area contributed by atoms with Crippen LogP contribution in [0.4, 0.5) is 5.95 Å². The Hall–Kier alpha value is -1.56. The first-order chi connectivity index (χ1) is 8.76. The highest BCUT2D eigenvalue weighted by atomic mass is 16.5. The Labute approximate surface area is 107 Å². The Morgan fingerprint density at radius 2 is 2.00 bits per heavy atom. The van der Waals surface area contributed by atoms with Crippen LogP contribution in [0.15, 0.2) is 6.07 Å². The van der Waals surface area contributed by atoms with Crippen LogP contribution in [0.5, 0.6) is 11.8 Å². The standard InChI is InChI=1S/C12H20N4O2/c1-13-7-9-4-5-16(8-9)12-14-10(17-2)6-11(15-12)18-3/h6,9,13H,4-5,7-8H2,1-3H3. The van der Waals surface area contributed by atoms with Crippen LogP contribution in [0, 0.1) is 5.92 Å². The molecule has 0 saturated carbocycles. The number of anilines is 1. The molecule has 6 heteroatoms. The van der Waals surface area contributed by atoms with E-state index >= 15 is 0 Å². The summed E-state index contributed by atoms with van der Waals surface area (Å²) in [5.41, 5.74) is 0. The van der Waals surface area contributed by atoms with Gasteiger partial charge in [-0.05, 0) is 25.9 Å². The summed E-state index contributed by atoms with van der Waals surface area (Å²) in [5, 5.41) is 3.21. The molecule has 0 aliphatic carbocycles. The zero-order chi connectivity index (χ0) is 13.0. The number of aromatic nitrogens is 2. The molecule has 2 rings (SSSR count). The fourth-order valence-electron chi connectivity index (χ4n) is 2.21. The zero-order valence-corrected chi connectivity index (χ0v) is 11.1. The third-order valence-corrected chi connectivity index (χ3v) is 3.15. The minimum Gasteiger partial charge on any atom is -0.481 e. The summed E-state index contributed by atoms with van der Waals surface area (Å²) in [6.07, 6.45) is 1.16. The lowest BCUT2D eigenvalue weighted by Crippen LogP contribution is -2.25. The van der Waals surface area contributed by atoms with Crippen LogP contribution in [0.3, 0.4) is 0 Å². The second kappa shape index (κ2) is 5.86. The number of methoxy groups -OCH3 is 2. The van der Waals surface area contributed by atoms with Crippen molar-refractivity contribution in [3.8, 4) is 11.8 Å². The predicted molar refractivity (Wildman–Crippen MR) is 69.4 cm³/mol. The molecule has 0 radical (unpaired) electrons. The van der Waals surface area contributed by atoms with E-state index in [4.69, 9.17) is 9.47 Å². The molecule has 100 valence electrons. The van der Waals surface area contributed by atoms with Gasteiger partial charge < -0.3 is 19.7 Å². The molecule has 2 heterocycles. The third-order valence-electron chi connectivity index (χ3n) is 3.15. The largest absolute Gasteiger partial charge is 0.481 e. The quantitative estimate of drug-likeness (QED) is 0.825. The molecule has 18 heavy (non-hydrogen) atoms. The van der Waals surface area contributed by atoms with E-state index in [2.05, 4.69) is 20.2 Å².